The zero-order chi connectivity index (χ0) is 12.3. The summed E-state index contributed by atoms with van der Waals surface area (Å²) in [6, 6.07) is 8.96. The van der Waals surface area contributed by atoms with E-state index in [-0.39, 0.29) is 13.0 Å². The van der Waals surface area contributed by atoms with Gasteiger partial charge in [-0.15, -0.1) is 0 Å². The molecule has 94 valence electrons. The minimum absolute atomic E-state index is 0.128. The highest BCUT2D eigenvalue weighted by molar-refractivity contribution is 5.21. The van der Waals surface area contributed by atoms with Crippen molar-refractivity contribution in [3.63, 3.8) is 0 Å². The number of benzene rings is 1. The van der Waals surface area contributed by atoms with Gasteiger partial charge in [0, 0.05) is 6.42 Å². The molecule has 0 radical (unpaired) electrons. The highest BCUT2D eigenvalue weighted by Gasteiger charge is 2.37. The van der Waals surface area contributed by atoms with Gasteiger partial charge in [0.05, 0.1) is 12.7 Å². The predicted molar refractivity (Wildman–Crippen MR) is 59.4 cm³/mol. The van der Waals surface area contributed by atoms with Gasteiger partial charge < -0.3 is 24.8 Å². The molecule has 0 amide bonds. The fourth-order valence-electron chi connectivity index (χ4n) is 1.77. The van der Waals surface area contributed by atoms with Gasteiger partial charge in [0.15, 0.2) is 0 Å². The Morgan fingerprint density at radius 2 is 1.88 bits per heavy atom. The molecule has 0 unspecified atom stereocenters. The van der Waals surface area contributed by atoms with Crippen LogP contribution in [0, 0.1) is 0 Å². The molecule has 1 aliphatic heterocycles. The van der Waals surface area contributed by atoms with E-state index >= 15 is 0 Å². The molecule has 1 fully saturated rings. The van der Waals surface area contributed by atoms with Crippen molar-refractivity contribution < 1.29 is 24.8 Å². The van der Waals surface area contributed by atoms with Gasteiger partial charge in [0.1, 0.15) is 18.0 Å². The van der Waals surface area contributed by atoms with Crippen molar-refractivity contribution in [1.82, 2.24) is 0 Å². The van der Waals surface area contributed by atoms with E-state index < -0.39 is 24.6 Å². The van der Waals surface area contributed by atoms with E-state index in [1.165, 1.54) is 0 Å². The molecule has 0 aliphatic carbocycles. The molecule has 3 N–H and O–H groups in total. The fourth-order valence-corrected chi connectivity index (χ4v) is 1.77. The average molecular weight is 240 g/mol. The Balaban J connectivity index is 2.00. The van der Waals surface area contributed by atoms with E-state index in [2.05, 4.69) is 0 Å². The Labute approximate surface area is 99.2 Å². The Kier molecular flexibility index (Phi) is 3.96. The maximum Gasteiger partial charge on any atom is 0.226 e. The third-order valence-electron chi connectivity index (χ3n) is 2.71. The summed E-state index contributed by atoms with van der Waals surface area (Å²) in [5, 5.41) is 28.3. The van der Waals surface area contributed by atoms with Crippen LogP contribution in [0.4, 0.5) is 0 Å². The number of rotatable bonds is 3. The predicted octanol–water partition coefficient (Wildman–Crippen LogP) is -0.106. The lowest BCUT2D eigenvalue weighted by atomic mass is 10.0. The van der Waals surface area contributed by atoms with Crippen LogP contribution in [0.2, 0.25) is 0 Å². The summed E-state index contributed by atoms with van der Waals surface area (Å²) < 4.78 is 10.7. The van der Waals surface area contributed by atoms with Crippen LogP contribution in [0.3, 0.4) is 0 Å². The lowest BCUT2D eigenvalue weighted by molar-refractivity contribution is -0.240. The largest absolute Gasteiger partial charge is 0.462 e. The number of hydrogen-bond acceptors (Lipinski definition) is 5. The van der Waals surface area contributed by atoms with E-state index in [0.717, 1.165) is 0 Å². The number of aliphatic hydroxyl groups excluding tert-OH is 3. The molecule has 4 atom stereocenters. The Morgan fingerprint density at radius 1 is 1.18 bits per heavy atom. The second-order valence-corrected chi connectivity index (χ2v) is 4.03. The smallest absolute Gasteiger partial charge is 0.226 e. The minimum atomic E-state index is -0.909. The molecule has 1 heterocycles. The molecule has 17 heavy (non-hydrogen) atoms. The highest BCUT2D eigenvalue weighted by atomic mass is 16.7. The van der Waals surface area contributed by atoms with E-state index in [4.69, 9.17) is 14.6 Å². The van der Waals surface area contributed by atoms with Crippen LogP contribution >= 0.6 is 0 Å². The Hall–Kier alpha value is -1.14. The molecule has 0 bridgehead atoms. The lowest BCUT2D eigenvalue weighted by Crippen LogP contribution is -2.50. The van der Waals surface area contributed by atoms with Crippen molar-refractivity contribution >= 4 is 0 Å². The summed E-state index contributed by atoms with van der Waals surface area (Å²) in [6.07, 6.45) is -3.23. The van der Waals surface area contributed by atoms with Gasteiger partial charge in [-0.25, -0.2) is 0 Å². The van der Waals surface area contributed by atoms with Gasteiger partial charge in [-0.05, 0) is 12.1 Å². The van der Waals surface area contributed by atoms with Crippen molar-refractivity contribution in [2.45, 2.75) is 31.0 Å². The van der Waals surface area contributed by atoms with Crippen LogP contribution in [0.1, 0.15) is 6.42 Å². The third kappa shape index (κ3) is 2.95. The lowest BCUT2D eigenvalue weighted by Gasteiger charge is -2.36. The van der Waals surface area contributed by atoms with Gasteiger partial charge >= 0.3 is 0 Å². The molecule has 0 spiro atoms. The molecule has 1 aliphatic rings. The highest BCUT2D eigenvalue weighted by Crippen LogP contribution is 2.23. The number of para-hydroxylation sites is 1. The van der Waals surface area contributed by atoms with Crippen molar-refractivity contribution in [1.29, 1.82) is 0 Å². The normalized spacial score (nSPS) is 33.4. The average Bonchev–Trinajstić information content (AvgIpc) is 2.34. The molecular formula is C12H16O5. The fraction of sp³-hybridized carbons (Fsp3) is 0.500. The molecule has 5 heteroatoms. The summed E-state index contributed by atoms with van der Waals surface area (Å²) in [6.45, 7) is -0.303. The summed E-state index contributed by atoms with van der Waals surface area (Å²) in [5.74, 6) is 0.574. The molecule has 1 aromatic rings. The second-order valence-electron chi connectivity index (χ2n) is 4.03. The first-order chi connectivity index (χ1) is 8.20. The van der Waals surface area contributed by atoms with Gasteiger partial charge in [0.25, 0.3) is 0 Å². The van der Waals surface area contributed by atoms with E-state index in [0.29, 0.717) is 5.75 Å². The van der Waals surface area contributed by atoms with Gasteiger partial charge in [-0.1, -0.05) is 18.2 Å². The van der Waals surface area contributed by atoms with Crippen LogP contribution < -0.4 is 4.74 Å². The Bertz CT molecular complexity index is 342. The molecule has 5 nitrogen and oxygen atoms in total. The molecule has 0 saturated carbocycles. The van der Waals surface area contributed by atoms with Gasteiger partial charge in [-0.3, -0.25) is 0 Å². The summed E-state index contributed by atoms with van der Waals surface area (Å²) in [4.78, 5) is 0. The second kappa shape index (κ2) is 5.46. The number of aliphatic hydroxyl groups is 3. The molecule has 1 aromatic carbocycles. The van der Waals surface area contributed by atoms with Crippen molar-refractivity contribution in [3.05, 3.63) is 30.3 Å². The van der Waals surface area contributed by atoms with Crippen molar-refractivity contribution in [2.24, 2.45) is 0 Å². The zero-order valence-electron chi connectivity index (χ0n) is 9.27. The van der Waals surface area contributed by atoms with E-state index in [1.54, 1.807) is 12.1 Å². The Morgan fingerprint density at radius 3 is 2.53 bits per heavy atom. The third-order valence-corrected chi connectivity index (χ3v) is 2.71. The van der Waals surface area contributed by atoms with Crippen LogP contribution in [-0.2, 0) is 4.74 Å². The van der Waals surface area contributed by atoms with E-state index in [9.17, 15) is 10.2 Å². The molecular weight excluding hydrogens is 224 g/mol. The number of hydrogen-bond donors (Lipinski definition) is 3. The molecule has 0 aromatic heterocycles. The van der Waals surface area contributed by atoms with Crippen LogP contribution in [-0.4, -0.2) is 46.5 Å². The maximum absolute atomic E-state index is 9.72. The van der Waals surface area contributed by atoms with Crippen LogP contribution in [0.5, 0.6) is 5.75 Å². The minimum Gasteiger partial charge on any atom is -0.462 e. The first kappa shape index (κ1) is 12.3. The van der Waals surface area contributed by atoms with Gasteiger partial charge in [-0.2, -0.15) is 0 Å². The van der Waals surface area contributed by atoms with Crippen LogP contribution in [0.15, 0.2) is 30.3 Å². The monoisotopic (exact) mass is 240 g/mol. The first-order valence-corrected chi connectivity index (χ1v) is 5.55. The summed E-state index contributed by atoms with van der Waals surface area (Å²) in [5.41, 5.74) is 0. The number of ether oxygens (including phenoxy) is 2. The topological polar surface area (TPSA) is 79.2 Å². The van der Waals surface area contributed by atoms with Crippen LogP contribution in [0.25, 0.3) is 0 Å². The molecule has 2 rings (SSSR count). The quantitative estimate of drug-likeness (QED) is 0.687. The summed E-state index contributed by atoms with van der Waals surface area (Å²) >= 11 is 0. The standard InChI is InChI=1S/C12H16O5/c13-7-11-9(14)6-10(15)12(17-11)16-8-4-2-1-3-5-8/h1-5,9-15H,6-7H2/t9-,10+,11+,12+/m0/s1. The molecule has 1 saturated heterocycles. The van der Waals surface area contributed by atoms with E-state index in [1.807, 2.05) is 18.2 Å². The van der Waals surface area contributed by atoms with Gasteiger partial charge in [0.2, 0.25) is 6.29 Å². The van der Waals surface area contributed by atoms with Crippen molar-refractivity contribution in [3.8, 4) is 5.75 Å². The summed E-state index contributed by atoms with van der Waals surface area (Å²) in [7, 11) is 0. The SMILES string of the molecule is OC[C@H]1O[C@@H](Oc2ccccc2)[C@H](O)C[C@@H]1O. The zero-order valence-corrected chi connectivity index (χ0v) is 9.27. The maximum atomic E-state index is 9.72. The first-order valence-electron chi connectivity index (χ1n) is 5.55. The van der Waals surface area contributed by atoms with Crippen molar-refractivity contribution in [2.75, 3.05) is 6.61 Å².